The predicted octanol–water partition coefficient (Wildman–Crippen LogP) is 2.13. The van der Waals surface area contributed by atoms with E-state index in [1.54, 1.807) is 0 Å². The summed E-state index contributed by atoms with van der Waals surface area (Å²) in [5.41, 5.74) is -0.991. The van der Waals surface area contributed by atoms with Gasteiger partial charge in [0.25, 0.3) is 6.43 Å². The molecule has 1 aliphatic carbocycles. The molecule has 1 atom stereocenters. The number of esters is 1. The van der Waals surface area contributed by atoms with Crippen molar-refractivity contribution in [3.63, 3.8) is 0 Å². The zero-order valence-corrected chi connectivity index (χ0v) is 10.8. The number of fused-ring (bicyclic) bond motifs is 1. The highest BCUT2D eigenvalue weighted by Crippen LogP contribution is 2.37. The monoisotopic (exact) mass is 288 g/mol. The third-order valence-electron chi connectivity index (χ3n) is 3.25. The van der Waals surface area contributed by atoms with E-state index in [1.807, 2.05) is 0 Å². The van der Waals surface area contributed by atoms with Gasteiger partial charge in [-0.3, -0.25) is 4.79 Å². The average molecular weight is 288 g/mol. The maximum Gasteiger partial charge on any atom is 0.374 e. The molecule has 7 heteroatoms. The van der Waals surface area contributed by atoms with E-state index >= 15 is 0 Å². The Morgan fingerprint density at radius 3 is 2.80 bits per heavy atom. The highest BCUT2D eigenvalue weighted by molar-refractivity contribution is 6.04. The summed E-state index contributed by atoms with van der Waals surface area (Å²) < 4.78 is 36.1. The third-order valence-corrected chi connectivity index (χ3v) is 3.25. The van der Waals surface area contributed by atoms with Crippen molar-refractivity contribution < 1.29 is 32.6 Å². The third kappa shape index (κ3) is 2.33. The van der Waals surface area contributed by atoms with Crippen molar-refractivity contribution in [3.05, 3.63) is 22.6 Å². The Bertz CT molecular complexity index is 535. The summed E-state index contributed by atoms with van der Waals surface area (Å²) >= 11 is 0. The lowest BCUT2D eigenvalue weighted by atomic mass is 9.85. The molecule has 2 rings (SSSR count). The van der Waals surface area contributed by atoms with Crippen LogP contribution in [0.3, 0.4) is 0 Å². The molecule has 0 aromatic carbocycles. The largest absolute Gasteiger partial charge is 0.460 e. The first-order valence-corrected chi connectivity index (χ1v) is 6.27. The second kappa shape index (κ2) is 5.70. The van der Waals surface area contributed by atoms with E-state index in [9.17, 15) is 18.4 Å². The number of hydrogen-bond donors (Lipinski definition) is 1. The number of aryl methyl sites for hydroxylation is 1. The number of carbonyl (C=O) groups excluding carboxylic acids is 2. The number of halogens is 2. The zero-order valence-electron chi connectivity index (χ0n) is 10.8. The number of hydrogen-bond acceptors (Lipinski definition) is 5. The summed E-state index contributed by atoms with van der Waals surface area (Å²) in [6, 6.07) is 0. The summed E-state index contributed by atoms with van der Waals surface area (Å²) in [5, 5.41) is 9.09. The Labute approximate surface area is 113 Å². The molecule has 1 aliphatic rings. The van der Waals surface area contributed by atoms with Gasteiger partial charge in [-0.1, -0.05) is 0 Å². The molecule has 20 heavy (non-hydrogen) atoms. The smallest absolute Gasteiger partial charge is 0.374 e. The van der Waals surface area contributed by atoms with Crippen molar-refractivity contribution in [3.8, 4) is 0 Å². The molecule has 0 saturated heterocycles. The van der Waals surface area contributed by atoms with Crippen LogP contribution in [0.25, 0.3) is 0 Å². The van der Waals surface area contributed by atoms with E-state index in [-0.39, 0.29) is 24.4 Å². The molecular formula is C13H14F2O5. The van der Waals surface area contributed by atoms with Crippen LogP contribution in [-0.2, 0) is 11.2 Å². The molecule has 1 aromatic rings. The first kappa shape index (κ1) is 14.6. The van der Waals surface area contributed by atoms with E-state index in [2.05, 4.69) is 4.74 Å². The molecule has 0 radical (unpaired) electrons. The van der Waals surface area contributed by atoms with E-state index < -0.39 is 42.0 Å². The normalized spacial score (nSPS) is 18.2. The number of furan rings is 1. The van der Waals surface area contributed by atoms with E-state index in [0.29, 0.717) is 6.42 Å². The fourth-order valence-electron chi connectivity index (χ4n) is 2.31. The molecule has 1 unspecified atom stereocenters. The second-order valence-corrected chi connectivity index (χ2v) is 4.45. The Morgan fingerprint density at radius 1 is 1.55 bits per heavy atom. The Balaban J connectivity index is 2.53. The van der Waals surface area contributed by atoms with Crippen molar-refractivity contribution in [1.29, 1.82) is 0 Å². The van der Waals surface area contributed by atoms with Gasteiger partial charge in [0, 0.05) is 12.3 Å². The summed E-state index contributed by atoms with van der Waals surface area (Å²) in [6.45, 7) is 1.14. The van der Waals surface area contributed by atoms with Crippen molar-refractivity contribution in [2.75, 3.05) is 13.2 Å². The summed E-state index contributed by atoms with van der Waals surface area (Å²) in [6.07, 6.45) is -2.49. The van der Waals surface area contributed by atoms with Gasteiger partial charge in [0.1, 0.15) is 5.76 Å². The molecule has 0 amide bonds. The highest BCUT2D eigenvalue weighted by Gasteiger charge is 2.39. The first-order chi connectivity index (χ1) is 9.51. The molecule has 0 spiro atoms. The number of ketones is 1. The highest BCUT2D eigenvalue weighted by atomic mass is 19.3. The Morgan fingerprint density at radius 2 is 2.25 bits per heavy atom. The van der Waals surface area contributed by atoms with Crippen LogP contribution in [0.15, 0.2) is 4.42 Å². The number of Topliss-reactive ketones (excluding diaryl/α,β-unsaturated/α-hetero) is 1. The van der Waals surface area contributed by atoms with Crippen molar-refractivity contribution in [2.24, 2.45) is 5.92 Å². The number of rotatable bonds is 4. The average Bonchev–Trinajstić information content (AvgIpc) is 2.80. The minimum absolute atomic E-state index is 0.0140. The van der Waals surface area contributed by atoms with E-state index in [1.165, 1.54) is 6.92 Å². The lowest BCUT2D eigenvalue weighted by Gasteiger charge is -2.18. The fourth-order valence-corrected chi connectivity index (χ4v) is 2.31. The minimum Gasteiger partial charge on any atom is -0.460 e. The van der Waals surface area contributed by atoms with Gasteiger partial charge in [-0.05, 0) is 13.3 Å². The molecule has 0 bridgehead atoms. The van der Waals surface area contributed by atoms with Gasteiger partial charge in [0.15, 0.2) is 5.78 Å². The molecule has 1 heterocycles. The molecule has 1 N–H and O–H groups in total. The minimum atomic E-state index is -3.02. The Kier molecular flexibility index (Phi) is 4.17. The van der Waals surface area contributed by atoms with Crippen molar-refractivity contribution in [1.82, 2.24) is 0 Å². The van der Waals surface area contributed by atoms with Gasteiger partial charge >= 0.3 is 5.97 Å². The van der Waals surface area contributed by atoms with Crippen LogP contribution < -0.4 is 0 Å². The summed E-state index contributed by atoms with van der Waals surface area (Å²) in [5.74, 6) is -2.89. The molecule has 0 fully saturated rings. The number of ether oxygens (including phenoxy) is 1. The van der Waals surface area contributed by atoms with Gasteiger partial charge in [-0.25, -0.2) is 13.6 Å². The summed E-state index contributed by atoms with van der Waals surface area (Å²) in [7, 11) is 0. The fraction of sp³-hybridized carbons (Fsp3) is 0.538. The molecule has 5 nitrogen and oxygen atoms in total. The second-order valence-electron chi connectivity index (χ2n) is 4.45. The maximum absolute atomic E-state index is 13.2. The lowest BCUT2D eigenvalue weighted by molar-refractivity contribution is 0.0474. The van der Waals surface area contributed by atoms with Gasteiger partial charge in [0.2, 0.25) is 5.76 Å². The SMILES string of the molecule is CCOC(=O)c1oc2c(c1C(F)F)C(=O)C(CO)CC2. The quantitative estimate of drug-likeness (QED) is 0.859. The van der Waals surface area contributed by atoms with Crippen LogP contribution in [0.4, 0.5) is 8.78 Å². The molecule has 110 valence electrons. The van der Waals surface area contributed by atoms with Crippen LogP contribution in [0, 0.1) is 5.92 Å². The number of alkyl halides is 2. The van der Waals surface area contributed by atoms with Crippen LogP contribution in [0.2, 0.25) is 0 Å². The van der Waals surface area contributed by atoms with Crippen LogP contribution in [0.1, 0.15) is 52.0 Å². The van der Waals surface area contributed by atoms with E-state index in [4.69, 9.17) is 9.52 Å². The van der Waals surface area contributed by atoms with Crippen molar-refractivity contribution in [2.45, 2.75) is 26.2 Å². The van der Waals surface area contributed by atoms with Crippen molar-refractivity contribution >= 4 is 11.8 Å². The molecule has 0 saturated carbocycles. The summed E-state index contributed by atoms with van der Waals surface area (Å²) in [4.78, 5) is 23.7. The molecule has 0 aliphatic heterocycles. The van der Waals surface area contributed by atoms with Gasteiger partial charge in [0.05, 0.1) is 24.3 Å². The number of aliphatic hydroxyl groups is 1. The molecule has 1 aromatic heterocycles. The van der Waals surface area contributed by atoms with Crippen LogP contribution in [0.5, 0.6) is 0 Å². The van der Waals surface area contributed by atoms with Crippen LogP contribution in [-0.4, -0.2) is 30.1 Å². The van der Waals surface area contributed by atoms with Gasteiger partial charge < -0.3 is 14.3 Å². The maximum atomic E-state index is 13.2. The Hall–Kier alpha value is -1.76. The number of carbonyl (C=O) groups is 2. The van der Waals surface area contributed by atoms with Gasteiger partial charge in [-0.15, -0.1) is 0 Å². The van der Waals surface area contributed by atoms with E-state index in [0.717, 1.165) is 0 Å². The topological polar surface area (TPSA) is 76.7 Å². The van der Waals surface area contributed by atoms with Crippen LogP contribution >= 0.6 is 0 Å². The zero-order chi connectivity index (χ0) is 14.9. The first-order valence-electron chi connectivity index (χ1n) is 6.27. The predicted molar refractivity (Wildman–Crippen MR) is 62.8 cm³/mol. The number of aliphatic hydroxyl groups excluding tert-OH is 1. The molecular weight excluding hydrogens is 274 g/mol. The van der Waals surface area contributed by atoms with Gasteiger partial charge in [-0.2, -0.15) is 0 Å². The standard InChI is InChI=1S/C13H14F2O5/c1-2-19-13(18)11-9(12(14)15)8-7(20-11)4-3-6(5-16)10(8)17/h6,12,16H,2-5H2,1H3. The lowest BCUT2D eigenvalue weighted by Crippen LogP contribution is -2.25.